The quantitative estimate of drug-likeness (QED) is 0.127. The number of amides is 1. The number of likely N-dealkylation sites (N-methyl/N-ethyl adjacent to an activating group) is 1. The fraction of sp³-hybridized carbons (Fsp3) is 0.941. The molecule has 1 aliphatic heterocycles. The molecule has 10 atom stereocenters. The predicted molar refractivity (Wildman–Crippen MR) is 129 cm³/mol. The smallest absolute Gasteiger partial charge is 0.389 e. The number of carbonyl (C=O) groups excluding carboxylic acids is 1. The van der Waals surface area contributed by atoms with Gasteiger partial charge in [-0.1, -0.05) is 0 Å². The molecule has 2 rings (SSSR count). The Morgan fingerprint density at radius 3 is 1.89 bits per heavy atom. The first-order chi connectivity index (χ1) is 17.1. The lowest BCUT2D eigenvalue weighted by Gasteiger charge is -2.50. The first-order valence-electron chi connectivity index (χ1n) is 11.0. The Labute approximate surface area is 220 Å². The van der Waals surface area contributed by atoms with Gasteiger partial charge in [-0.3, -0.25) is 23.0 Å². The van der Waals surface area contributed by atoms with Gasteiger partial charge in [0, 0.05) is 20.2 Å². The van der Waals surface area contributed by atoms with Crippen LogP contribution in [0.2, 0.25) is 0 Å². The standard InChI is InChI=1S/C17H35N5O6.2H2O4S/c1-7(19)9-5-4-8(20)17(27-9)28-15-11(21)13(24)16(26-3)12(14(15)25)22(2)10(23)6-18;2*1-5(2,3)4/h7-9,11-17,24-25H,4-6,18-21H2,1-3H3;2*(H2,1,2,3,4)/t7-,8+,9-,11-,12-,13-,14+,15+,16+,17+;;/m0../s1. The maximum absolute atomic E-state index is 12.1. The highest BCUT2D eigenvalue weighted by atomic mass is 32.3. The molecule has 2 aliphatic rings. The number of aliphatic hydroxyl groups excluding tert-OH is 2. The minimum atomic E-state index is -4.67. The number of hydrogen-bond donors (Lipinski definition) is 10. The van der Waals surface area contributed by atoms with Gasteiger partial charge in [-0.2, -0.15) is 16.8 Å². The summed E-state index contributed by atoms with van der Waals surface area (Å²) in [5.41, 5.74) is 23.6. The molecule has 1 saturated heterocycles. The van der Waals surface area contributed by atoms with Crippen LogP contribution in [0.25, 0.3) is 0 Å². The molecule has 0 bridgehead atoms. The number of methoxy groups -OCH3 is 1. The first-order valence-corrected chi connectivity index (χ1v) is 13.7. The van der Waals surface area contributed by atoms with Gasteiger partial charge in [0.15, 0.2) is 6.29 Å². The minimum absolute atomic E-state index is 0.215. The summed E-state index contributed by atoms with van der Waals surface area (Å²) >= 11 is 0. The second-order valence-corrected chi connectivity index (χ2v) is 10.4. The molecule has 1 amide bonds. The lowest BCUT2D eigenvalue weighted by atomic mass is 9.80. The van der Waals surface area contributed by atoms with Gasteiger partial charge in [-0.25, -0.2) is 0 Å². The predicted octanol–water partition coefficient (Wildman–Crippen LogP) is -4.89. The van der Waals surface area contributed by atoms with E-state index in [0.29, 0.717) is 12.8 Å². The Morgan fingerprint density at radius 2 is 1.50 bits per heavy atom. The summed E-state index contributed by atoms with van der Waals surface area (Å²) in [4.78, 5) is 13.3. The summed E-state index contributed by atoms with van der Waals surface area (Å²) in [5.74, 6) is -0.421. The van der Waals surface area contributed by atoms with E-state index >= 15 is 0 Å². The fourth-order valence-electron chi connectivity index (χ4n) is 3.95. The number of rotatable bonds is 6. The van der Waals surface area contributed by atoms with Gasteiger partial charge in [0.2, 0.25) is 5.91 Å². The average molecular weight is 602 g/mol. The molecule has 0 radical (unpaired) electrons. The van der Waals surface area contributed by atoms with E-state index in [-0.39, 0.29) is 18.7 Å². The molecule has 38 heavy (non-hydrogen) atoms. The molecule has 0 aromatic rings. The van der Waals surface area contributed by atoms with Gasteiger partial charge in [0.05, 0.1) is 36.9 Å². The Kier molecular flexibility index (Phi) is 15.1. The summed E-state index contributed by atoms with van der Waals surface area (Å²) in [6.07, 6.45) is -4.16. The topological polar surface area (TPSA) is 342 Å². The number of carbonyl (C=O) groups is 1. The van der Waals surface area contributed by atoms with E-state index in [4.69, 9.17) is 72.2 Å². The number of ether oxygens (including phenoxy) is 3. The molecule has 14 N–H and O–H groups in total. The molecule has 0 aromatic heterocycles. The molecule has 2 fully saturated rings. The summed E-state index contributed by atoms with van der Waals surface area (Å²) in [5, 5.41) is 21.6. The third-order valence-corrected chi connectivity index (χ3v) is 5.74. The van der Waals surface area contributed by atoms with E-state index in [9.17, 15) is 15.0 Å². The van der Waals surface area contributed by atoms with Crippen molar-refractivity contribution in [2.75, 3.05) is 20.7 Å². The summed E-state index contributed by atoms with van der Waals surface area (Å²) in [6.45, 7) is 1.58. The van der Waals surface area contributed by atoms with E-state index < -0.39 is 75.5 Å². The van der Waals surface area contributed by atoms with Crippen molar-refractivity contribution in [3.63, 3.8) is 0 Å². The average Bonchev–Trinajstić information content (AvgIpc) is 2.76. The van der Waals surface area contributed by atoms with Gasteiger partial charge >= 0.3 is 20.8 Å². The van der Waals surface area contributed by atoms with E-state index in [1.165, 1.54) is 19.1 Å². The SMILES string of the molecule is CO[C@H]1[C@@H](O)[C@H](N)[C@@H](O[C@H]2O[C@H]([C@H](C)N)CC[C@H]2N)[C@H](O)[C@@H]1N(C)C(=O)CN.O=S(=O)(O)O.O=S(=O)(O)O. The maximum atomic E-state index is 12.1. The van der Waals surface area contributed by atoms with Gasteiger partial charge < -0.3 is 52.3 Å². The largest absolute Gasteiger partial charge is 0.394 e. The second kappa shape index (κ2) is 15.6. The van der Waals surface area contributed by atoms with Crippen LogP contribution in [-0.2, 0) is 39.8 Å². The molecular weight excluding hydrogens is 562 g/mol. The summed E-state index contributed by atoms with van der Waals surface area (Å²) < 4.78 is 80.3. The van der Waals surface area contributed by atoms with Crippen LogP contribution < -0.4 is 22.9 Å². The normalized spacial score (nSPS) is 34.6. The van der Waals surface area contributed by atoms with Crippen LogP contribution in [0.1, 0.15) is 19.8 Å². The molecule has 0 aromatic carbocycles. The minimum Gasteiger partial charge on any atom is -0.389 e. The summed E-state index contributed by atoms with van der Waals surface area (Å²) in [7, 11) is -6.49. The van der Waals surface area contributed by atoms with Gasteiger partial charge in [-0.15, -0.1) is 0 Å². The Bertz CT molecular complexity index is 893. The number of aliphatic hydroxyl groups is 2. The zero-order valence-corrected chi connectivity index (χ0v) is 22.6. The fourth-order valence-corrected chi connectivity index (χ4v) is 3.95. The molecule has 21 heteroatoms. The monoisotopic (exact) mass is 601 g/mol. The van der Waals surface area contributed by atoms with Crippen LogP contribution in [0.3, 0.4) is 0 Å². The van der Waals surface area contributed by atoms with E-state index in [0.717, 1.165) is 0 Å². The van der Waals surface area contributed by atoms with Crippen molar-refractivity contribution in [3.8, 4) is 0 Å². The van der Waals surface area contributed by atoms with Crippen LogP contribution in [0.4, 0.5) is 0 Å². The molecular formula is C17H39N5O14S2. The van der Waals surface area contributed by atoms with Crippen LogP contribution in [0.15, 0.2) is 0 Å². The van der Waals surface area contributed by atoms with Crippen LogP contribution >= 0.6 is 0 Å². The highest BCUT2D eigenvalue weighted by Gasteiger charge is 2.53. The number of hydrogen-bond acceptors (Lipinski definition) is 14. The maximum Gasteiger partial charge on any atom is 0.394 e. The molecule has 0 unspecified atom stereocenters. The van der Waals surface area contributed by atoms with Crippen molar-refractivity contribution in [2.24, 2.45) is 22.9 Å². The highest BCUT2D eigenvalue weighted by Crippen LogP contribution is 2.31. The van der Waals surface area contributed by atoms with Crippen molar-refractivity contribution >= 4 is 26.7 Å². The molecule has 19 nitrogen and oxygen atoms in total. The van der Waals surface area contributed by atoms with Crippen molar-refractivity contribution in [1.82, 2.24) is 4.90 Å². The number of nitrogens with zero attached hydrogens (tertiary/aromatic N) is 1. The highest BCUT2D eigenvalue weighted by molar-refractivity contribution is 7.80. The zero-order valence-electron chi connectivity index (χ0n) is 20.9. The Balaban J connectivity index is 0.00000116. The molecule has 1 saturated carbocycles. The molecule has 1 aliphatic carbocycles. The zero-order chi connectivity index (χ0) is 30.2. The van der Waals surface area contributed by atoms with E-state index in [1.807, 2.05) is 6.92 Å². The lowest BCUT2D eigenvalue weighted by Crippen LogP contribution is -2.72. The van der Waals surface area contributed by atoms with Crippen molar-refractivity contribution < 1.29 is 64.3 Å². The van der Waals surface area contributed by atoms with Crippen molar-refractivity contribution in [3.05, 3.63) is 0 Å². The Hall–Kier alpha value is -1.15. The van der Waals surface area contributed by atoms with Gasteiger partial charge in [-0.05, 0) is 19.8 Å². The lowest BCUT2D eigenvalue weighted by molar-refractivity contribution is -0.267. The Morgan fingerprint density at radius 1 is 1.03 bits per heavy atom. The van der Waals surface area contributed by atoms with E-state index in [2.05, 4.69) is 0 Å². The van der Waals surface area contributed by atoms with Crippen LogP contribution in [0.5, 0.6) is 0 Å². The number of nitrogens with two attached hydrogens (primary N) is 4. The van der Waals surface area contributed by atoms with Crippen molar-refractivity contribution in [2.45, 2.75) is 80.7 Å². The molecule has 0 spiro atoms. The van der Waals surface area contributed by atoms with Gasteiger partial charge in [0.25, 0.3) is 0 Å². The molecule has 228 valence electrons. The second-order valence-electron chi connectivity index (χ2n) is 8.60. The van der Waals surface area contributed by atoms with Crippen LogP contribution in [-0.4, -0.2) is 138 Å². The third kappa shape index (κ3) is 12.8. The first kappa shape index (κ1) is 36.8. The van der Waals surface area contributed by atoms with Crippen LogP contribution in [0, 0.1) is 0 Å². The van der Waals surface area contributed by atoms with Gasteiger partial charge in [0.1, 0.15) is 18.3 Å². The molecule has 1 heterocycles. The van der Waals surface area contributed by atoms with E-state index in [1.54, 1.807) is 0 Å². The summed E-state index contributed by atoms with van der Waals surface area (Å²) in [6, 6.07) is -2.55. The third-order valence-electron chi connectivity index (χ3n) is 5.74. The van der Waals surface area contributed by atoms with Crippen molar-refractivity contribution in [1.29, 1.82) is 0 Å².